The molecular formula is C40H28N2. The van der Waals surface area contributed by atoms with Crippen molar-refractivity contribution < 1.29 is 0 Å². The summed E-state index contributed by atoms with van der Waals surface area (Å²) in [6.07, 6.45) is 0. The first kappa shape index (κ1) is 26.7. The SMILES string of the molecule is CC(C)c1cc(C#Cc2ccc(C#N)cc2)c2ccc3c(C#Cc4ccc(C#N)cc4)cc(C(C)C)c4ccc1c2c34. The number of nitriles is 2. The van der Waals surface area contributed by atoms with Gasteiger partial charge in [-0.2, -0.15) is 10.5 Å². The van der Waals surface area contributed by atoms with Gasteiger partial charge in [-0.25, -0.2) is 0 Å². The monoisotopic (exact) mass is 536 g/mol. The lowest BCUT2D eigenvalue weighted by Crippen LogP contribution is -1.99. The molecule has 0 fully saturated rings. The van der Waals surface area contributed by atoms with Crippen molar-refractivity contribution in [3.63, 3.8) is 0 Å². The number of benzene rings is 6. The van der Waals surface area contributed by atoms with Gasteiger partial charge in [-0.3, -0.25) is 0 Å². The van der Waals surface area contributed by atoms with E-state index in [1.165, 1.54) is 32.7 Å². The van der Waals surface area contributed by atoms with Crippen LogP contribution in [0.25, 0.3) is 32.3 Å². The summed E-state index contributed by atoms with van der Waals surface area (Å²) in [4.78, 5) is 0. The van der Waals surface area contributed by atoms with Crippen LogP contribution < -0.4 is 0 Å². The second kappa shape index (κ2) is 10.8. The van der Waals surface area contributed by atoms with Crippen LogP contribution in [0, 0.1) is 46.3 Å². The smallest absolute Gasteiger partial charge is 0.0991 e. The molecule has 2 nitrogen and oxygen atoms in total. The third-order valence-electron chi connectivity index (χ3n) is 7.92. The minimum Gasteiger partial charge on any atom is -0.192 e. The topological polar surface area (TPSA) is 47.6 Å². The number of hydrogen-bond donors (Lipinski definition) is 0. The van der Waals surface area contributed by atoms with E-state index in [0.29, 0.717) is 23.0 Å². The zero-order chi connectivity index (χ0) is 29.4. The minimum atomic E-state index is 0.324. The second-order valence-corrected chi connectivity index (χ2v) is 11.3. The van der Waals surface area contributed by atoms with E-state index in [4.69, 9.17) is 10.5 Å². The number of hydrogen-bond acceptors (Lipinski definition) is 2. The van der Waals surface area contributed by atoms with Crippen LogP contribution in [0.1, 0.15) is 84.0 Å². The van der Waals surface area contributed by atoms with Crippen LogP contribution >= 0.6 is 0 Å². The lowest BCUT2D eigenvalue weighted by molar-refractivity contribution is 0.875. The van der Waals surface area contributed by atoms with Crippen molar-refractivity contribution in [3.05, 3.63) is 129 Å². The second-order valence-electron chi connectivity index (χ2n) is 11.3. The molecule has 42 heavy (non-hydrogen) atoms. The van der Waals surface area contributed by atoms with Crippen LogP contribution in [0.2, 0.25) is 0 Å². The van der Waals surface area contributed by atoms with E-state index in [1.807, 2.05) is 48.5 Å². The standard InChI is InChI=1S/C40H28N2/c1-25(2)37-21-31(15-13-27-5-9-29(23-41)10-6-27)33-17-18-34-32(16-14-28-7-11-30(24-42)12-8-28)22-38(26(3)4)36-20-19-35(37)39(33)40(34)36/h5-12,17-22,25-26H,1-4H3. The van der Waals surface area contributed by atoms with Gasteiger partial charge in [0.05, 0.1) is 23.3 Å². The Kier molecular flexibility index (Phi) is 6.85. The summed E-state index contributed by atoms with van der Waals surface area (Å²) in [5.74, 6) is 14.3. The third-order valence-corrected chi connectivity index (χ3v) is 7.92. The first-order valence-electron chi connectivity index (χ1n) is 14.2. The molecule has 0 N–H and O–H groups in total. The average Bonchev–Trinajstić information content (AvgIpc) is 3.02. The van der Waals surface area contributed by atoms with Crippen LogP contribution in [0.3, 0.4) is 0 Å². The molecule has 0 aliphatic heterocycles. The number of rotatable bonds is 2. The lowest BCUT2D eigenvalue weighted by Gasteiger charge is -2.20. The van der Waals surface area contributed by atoms with Gasteiger partial charge in [0.25, 0.3) is 0 Å². The van der Waals surface area contributed by atoms with Gasteiger partial charge >= 0.3 is 0 Å². The van der Waals surface area contributed by atoms with E-state index < -0.39 is 0 Å². The molecule has 0 atom stereocenters. The molecule has 0 radical (unpaired) electrons. The van der Waals surface area contributed by atoms with Crippen molar-refractivity contribution in [1.29, 1.82) is 10.5 Å². The van der Waals surface area contributed by atoms with Gasteiger partial charge < -0.3 is 0 Å². The largest absolute Gasteiger partial charge is 0.192 e. The molecule has 6 aromatic rings. The fourth-order valence-corrected chi connectivity index (χ4v) is 5.74. The van der Waals surface area contributed by atoms with Crippen molar-refractivity contribution in [3.8, 4) is 35.8 Å². The summed E-state index contributed by atoms with van der Waals surface area (Å²) >= 11 is 0. The van der Waals surface area contributed by atoms with E-state index in [9.17, 15) is 0 Å². The van der Waals surface area contributed by atoms with Gasteiger partial charge in [-0.15, -0.1) is 0 Å². The van der Waals surface area contributed by atoms with E-state index >= 15 is 0 Å². The van der Waals surface area contributed by atoms with Crippen molar-refractivity contribution in [2.75, 3.05) is 0 Å². The van der Waals surface area contributed by atoms with Gasteiger partial charge in [0.1, 0.15) is 0 Å². The molecule has 0 saturated heterocycles. The third kappa shape index (κ3) is 4.71. The average molecular weight is 537 g/mol. The van der Waals surface area contributed by atoms with Crippen molar-refractivity contribution in [2.45, 2.75) is 39.5 Å². The summed E-state index contributed by atoms with van der Waals surface area (Å²) in [5.41, 5.74) is 7.59. The molecule has 198 valence electrons. The van der Waals surface area contributed by atoms with E-state index in [0.717, 1.165) is 33.0 Å². The van der Waals surface area contributed by atoms with Gasteiger partial charge in [0, 0.05) is 22.3 Å². The maximum Gasteiger partial charge on any atom is 0.0991 e. The Labute approximate surface area is 247 Å². The Morgan fingerprint density at radius 2 is 0.762 bits per heavy atom. The summed E-state index contributed by atoms with van der Waals surface area (Å²) in [5, 5.41) is 25.6. The highest BCUT2D eigenvalue weighted by molar-refractivity contribution is 6.26. The lowest BCUT2D eigenvalue weighted by atomic mass is 9.82. The fourth-order valence-electron chi connectivity index (χ4n) is 5.74. The van der Waals surface area contributed by atoms with E-state index in [1.54, 1.807) is 0 Å². The summed E-state index contributed by atoms with van der Waals surface area (Å²) in [6, 6.07) is 32.6. The van der Waals surface area contributed by atoms with E-state index in [-0.39, 0.29) is 0 Å². The molecule has 0 saturated carbocycles. The Morgan fingerprint density at radius 3 is 1.10 bits per heavy atom. The molecule has 0 amide bonds. The van der Waals surface area contributed by atoms with Crippen LogP contribution in [0.4, 0.5) is 0 Å². The Bertz CT molecular complexity index is 2030. The summed E-state index contributed by atoms with van der Waals surface area (Å²) < 4.78 is 0. The molecule has 0 aliphatic rings. The molecule has 6 rings (SSSR count). The van der Waals surface area contributed by atoms with Crippen LogP contribution in [-0.2, 0) is 0 Å². The highest BCUT2D eigenvalue weighted by Crippen LogP contribution is 2.43. The van der Waals surface area contributed by atoms with Crippen LogP contribution in [-0.4, -0.2) is 0 Å². The van der Waals surface area contributed by atoms with Gasteiger partial charge in [0.2, 0.25) is 0 Å². The molecule has 0 spiro atoms. The highest BCUT2D eigenvalue weighted by atomic mass is 14.2. The molecule has 0 bridgehead atoms. The summed E-state index contributed by atoms with van der Waals surface area (Å²) in [6.45, 7) is 8.94. The highest BCUT2D eigenvalue weighted by Gasteiger charge is 2.19. The molecule has 2 heteroatoms. The van der Waals surface area contributed by atoms with Crippen molar-refractivity contribution in [2.24, 2.45) is 0 Å². The first-order chi connectivity index (χ1) is 20.4. The number of nitrogens with zero attached hydrogens (tertiary/aromatic N) is 2. The first-order valence-corrected chi connectivity index (χ1v) is 14.2. The normalized spacial score (nSPS) is 10.9. The molecule has 0 unspecified atom stereocenters. The minimum absolute atomic E-state index is 0.324. The molecular weight excluding hydrogens is 508 g/mol. The Hall–Kier alpha value is -5.54. The summed E-state index contributed by atoms with van der Waals surface area (Å²) in [7, 11) is 0. The maximum absolute atomic E-state index is 9.15. The predicted octanol–water partition coefficient (Wildman–Crippen LogP) is 9.37. The molecule has 0 heterocycles. The van der Waals surface area contributed by atoms with Gasteiger partial charge in [0.15, 0.2) is 0 Å². The molecule has 6 aromatic carbocycles. The zero-order valence-electron chi connectivity index (χ0n) is 24.1. The van der Waals surface area contributed by atoms with Crippen LogP contribution in [0.15, 0.2) is 84.9 Å². The fraction of sp³-hybridized carbons (Fsp3) is 0.150. The zero-order valence-corrected chi connectivity index (χ0v) is 24.1. The molecule has 0 aromatic heterocycles. The predicted molar refractivity (Wildman–Crippen MR) is 173 cm³/mol. The van der Waals surface area contributed by atoms with Crippen molar-refractivity contribution in [1.82, 2.24) is 0 Å². The van der Waals surface area contributed by atoms with E-state index in [2.05, 4.69) is 99.9 Å². The van der Waals surface area contributed by atoms with Crippen LogP contribution in [0.5, 0.6) is 0 Å². The maximum atomic E-state index is 9.15. The molecule has 0 aliphatic carbocycles. The quantitative estimate of drug-likeness (QED) is 0.163. The Morgan fingerprint density at radius 1 is 0.429 bits per heavy atom. The van der Waals surface area contributed by atoms with Gasteiger partial charge in [-0.05, 0) is 116 Å². The van der Waals surface area contributed by atoms with Crippen molar-refractivity contribution >= 4 is 32.3 Å². The Balaban J connectivity index is 1.64. The van der Waals surface area contributed by atoms with Gasteiger partial charge in [-0.1, -0.05) is 75.6 Å².